The fourth-order valence-corrected chi connectivity index (χ4v) is 2.77. The molecule has 2 nitrogen and oxygen atoms in total. The number of fused-ring (bicyclic) bond motifs is 1. The molecule has 1 heterocycles. The van der Waals surface area contributed by atoms with Gasteiger partial charge >= 0.3 is 0 Å². The van der Waals surface area contributed by atoms with Crippen molar-refractivity contribution >= 4 is 12.2 Å². The van der Waals surface area contributed by atoms with Crippen molar-refractivity contribution in [3.63, 3.8) is 0 Å². The second kappa shape index (κ2) is 5.05. The summed E-state index contributed by atoms with van der Waals surface area (Å²) in [5.74, 6) is 1.57. The molecule has 0 bridgehead atoms. The van der Waals surface area contributed by atoms with Crippen LogP contribution in [0.3, 0.4) is 0 Å². The lowest BCUT2D eigenvalue weighted by molar-refractivity contribution is 0.248. The van der Waals surface area contributed by atoms with Crippen molar-refractivity contribution in [1.29, 1.82) is 0 Å². The third kappa shape index (κ3) is 2.00. The molecule has 1 aliphatic carbocycles. The summed E-state index contributed by atoms with van der Waals surface area (Å²) in [6.07, 6.45) is 8.80. The molecule has 0 radical (unpaired) electrons. The molecule has 98 valence electrons. The Kier molecular flexibility index (Phi) is 3.65. The molecule has 0 unspecified atom stereocenters. The van der Waals surface area contributed by atoms with E-state index in [1.807, 2.05) is 0 Å². The van der Waals surface area contributed by atoms with Gasteiger partial charge in [-0.15, -0.1) is 0 Å². The fourth-order valence-electron chi connectivity index (χ4n) is 2.77. The van der Waals surface area contributed by atoms with Gasteiger partial charge in [-0.2, -0.15) is 0 Å². The smallest absolute Gasteiger partial charge is 0.0994 e. The number of methoxy groups -OCH3 is 1. The van der Waals surface area contributed by atoms with E-state index in [9.17, 15) is 0 Å². The van der Waals surface area contributed by atoms with Crippen molar-refractivity contribution in [3.05, 3.63) is 34.3 Å². The zero-order valence-corrected chi connectivity index (χ0v) is 12.1. The van der Waals surface area contributed by atoms with Gasteiger partial charge in [0.1, 0.15) is 0 Å². The molecule has 0 amide bonds. The van der Waals surface area contributed by atoms with Crippen molar-refractivity contribution in [3.8, 4) is 0 Å². The van der Waals surface area contributed by atoms with Crippen LogP contribution < -0.4 is 0 Å². The Hall–Kier alpha value is -1.44. The summed E-state index contributed by atoms with van der Waals surface area (Å²) in [5, 5.41) is 0. The Morgan fingerprint density at radius 2 is 2.22 bits per heavy atom. The Balaban J connectivity index is 2.53. The van der Waals surface area contributed by atoms with E-state index in [2.05, 4.69) is 50.6 Å². The van der Waals surface area contributed by atoms with Gasteiger partial charge in [-0.05, 0) is 37.5 Å². The summed E-state index contributed by atoms with van der Waals surface area (Å²) in [4.78, 5) is 0. The molecule has 1 aromatic heterocycles. The first-order chi connectivity index (χ1) is 8.60. The van der Waals surface area contributed by atoms with Crippen molar-refractivity contribution in [1.82, 2.24) is 4.57 Å². The molecular weight excluding hydrogens is 222 g/mol. The summed E-state index contributed by atoms with van der Waals surface area (Å²) in [5.41, 5.74) is 5.46. The van der Waals surface area contributed by atoms with E-state index < -0.39 is 0 Å². The molecule has 0 saturated carbocycles. The molecule has 0 aromatic carbocycles. The molecule has 0 fully saturated rings. The van der Waals surface area contributed by atoms with Crippen LogP contribution in [-0.4, -0.2) is 11.7 Å². The topological polar surface area (TPSA) is 14.2 Å². The predicted molar refractivity (Wildman–Crippen MR) is 77.3 cm³/mol. The molecule has 2 heteroatoms. The number of nitrogens with zero attached hydrogens (tertiary/aromatic N) is 1. The summed E-state index contributed by atoms with van der Waals surface area (Å²) in [7, 11) is 3.93. The van der Waals surface area contributed by atoms with Gasteiger partial charge in [-0.25, -0.2) is 0 Å². The van der Waals surface area contributed by atoms with Gasteiger partial charge in [-0.3, -0.25) is 0 Å². The Labute approximate surface area is 110 Å². The van der Waals surface area contributed by atoms with Gasteiger partial charge in [0, 0.05) is 29.9 Å². The van der Waals surface area contributed by atoms with Crippen molar-refractivity contribution in [2.45, 2.75) is 33.6 Å². The van der Waals surface area contributed by atoms with Crippen LogP contribution in [0, 0.1) is 12.8 Å². The molecule has 0 aliphatic heterocycles. The minimum atomic E-state index is 0.471. The van der Waals surface area contributed by atoms with Crippen LogP contribution in [0.2, 0.25) is 0 Å². The first kappa shape index (κ1) is 13.0. The van der Waals surface area contributed by atoms with Crippen LogP contribution in [0.5, 0.6) is 0 Å². The highest BCUT2D eigenvalue weighted by atomic mass is 16.5. The minimum Gasteiger partial charge on any atom is -0.501 e. The fraction of sp³-hybridized carbons (Fsp3) is 0.500. The van der Waals surface area contributed by atoms with Crippen LogP contribution >= 0.6 is 0 Å². The molecule has 1 aliphatic rings. The first-order valence-electron chi connectivity index (χ1n) is 6.70. The zero-order chi connectivity index (χ0) is 13.3. The second-order valence-corrected chi connectivity index (χ2v) is 5.10. The maximum atomic E-state index is 5.48. The Morgan fingerprint density at radius 1 is 1.50 bits per heavy atom. The molecule has 0 N–H and O–H groups in total. The molecule has 0 spiro atoms. The summed E-state index contributed by atoms with van der Waals surface area (Å²) in [6.45, 7) is 6.59. The number of allylic oxidation sites excluding steroid dienone is 2. The normalized spacial score (nSPS) is 18.9. The van der Waals surface area contributed by atoms with Gasteiger partial charge in [-0.1, -0.05) is 19.9 Å². The molecule has 1 atom stereocenters. The van der Waals surface area contributed by atoms with Crippen molar-refractivity contribution < 1.29 is 4.74 Å². The zero-order valence-electron chi connectivity index (χ0n) is 12.1. The predicted octanol–water partition coefficient (Wildman–Crippen LogP) is 3.94. The van der Waals surface area contributed by atoms with E-state index in [-0.39, 0.29) is 0 Å². The lowest BCUT2D eigenvalue weighted by atomic mass is 9.92. The third-order valence-corrected chi connectivity index (χ3v) is 3.88. The van der Waals surface area contributed by atoms with Gasteiger partial charge < -0.3 is 9.30 Å². The van der Waals surface area contributed by atoms with E-state index in [1.165, 1.54) is 22.5 Å². The summed E-state index contributed by atoms with van der Waals surface area (Å²) < 4.78 is 7.81. The molecule has 0 saturated heterocycles. The lowest BCUT2D eigenvalue weighted by Gasteiger charge is -2.21. The number of hydrogen-bond acceptors (Lipinski definition) is 1. The lowest BCUT2D eigenvalue weighted by Crippen LogP contribution is -2.13. The van der Waals surface area contributed by atoms with Crippen molar-refractivity contribution in [2.75, 3.05) is 7.11 Å². The quantitative estimate of drug-likeness (QED) is 0.787. The second-order valence-electron chi connectivity index (χ2n) is 5.10. The number of aromatic nitrogens is 1. The molecule has 2 rings (SSSR count). The average molecular weight is 245 g/mol. The van der Waals surface area contributed by atoms with Gasteiger partial charge in [0.25, 0.3) is 0 Å². The highest BCUT2D eigenvalue weighted by Crippen LogP contribution is 2.34. The number of rotatable bonds is 3. The van der Waals surface area contributed by atoms with E-state index in [1.54, 1.807) is 7.11 Å². The Morgan fingerprint density at radius 3 is 2.83 bits per heavy atom. The molecule has 18 heavy (non-hydrogen) atoms. The molecular formula is C16H23NO. The standard InChI is InChI=1S/C16H23NO/c1-6-7-8-14-12(3)13-10-16(18-5)11(2)9-15(13)17(14)4/h7-8,10-11H,6,9H2,1-5H3/b8-7+/t11-/m0/s1. The van der Waals surface area contributed by atoms with E-state index in [4.69, 9.17) is 4.74 Å². The monoisotopic (exact) mass is 245 g/mol. The van der Waals surface area contributed by atoms with Crippen LogP contribution in [0.25, 0.3) is 12.2 Å². The van der Waals surface area contributed by atoms with Gasteiger partial charge in [0.15, 0.2) is 0 Å². The first-order valence-corrected chi connectivity index (χ1v) is 6.70. The Bertz CT molecular complexity index is 506. The van der Waals surface area contributed by atoms with Crippen LogP contribution in [0.15, 0.2) is 11.8 Å². The summed E-state index contributed by atoms with van der Waals surface area (Å²) >= 11 is 0. The largest absolute Gasteiger partial charge is 0.501 e. The van der Waals surface area contributed by atoms with Gasteiger partial charge in [0.05, 0.1) is 12.9 Å². The van der Waals surface area contributed by atoms with Crippen LogP contribution in [-0.2, 0) is 18.2 Å². The van der Waals surface area contributed by atoms with E-state index >= 15 is 0 Å². The number of hydrogen-bond donors (Lipinski definition) is 0. The van der Waals surface area contributed by atoms with Crippen LogP contribution in [0.1, 0.15) is 42.8 Å². The van der Waals surface area contributed by atoms with E-state index in [0.717, 1.165) is 18.6 Å². The molecule has 1 aromatic rings. The van der Waals surface area contributed by atoms with Crippen molar-refractivity contribution in [2.24, 2.45) is 13.0 Å². The summed E-state index contributed by atoms with van der Waals surface area (Å²) in [6, 6.07) is 0. The maximum absolute atomic E-state index is 5.48. The van der Waals surface area contributed by atoms with Gasteiger partial charge in [0.2, 0.25) is 0 Å². The van der Waals surface area contributed by atoms with E-state index in [0.29, 0.717) is 5.92 Å². The average Bonchev–Trinajstić information content (AvgIpc) is 2.59. The van der Waals surface area contributed by atoms with Crippen LogP contribution in [0.4, 0.5) is 0 Å². The third-order valence-electron chi connectivity index (χ3n) is 3.88. The SMILES string of the molecule is CC/C=C/c1c(C)c2c(n1C)C[C@H](C)C(OC)=C2. The number of ether oxygens (including phenoxy) is 1. The minimum absolute atomic E-state index is 0.471. The highest BCUT2D eigenvalue weighted by Gasteiger charge is 2.24. The highest BCUT2D eigenvalue weighted by molar-refractivity contribution is 5.68. The maximum Gasteiger partial charge on any atom is 0.0994 e.